The van der Waals surface area contributed by atoms with Crippen molar-refractivity contribution in [2.24, 2.45) is 0 Å². The predicted molar refractivity (Wildman–Crippen MR) is 57.3 cm³/mol. The Bertz CT molecular complexity index is 397. The SMILES string of the molecule is CC(C)c1nn(CC#N)c2c1CNCC2. The van der Waals surface area contributed by atoms with Gasteiger partial charge >= 0.3 is 0 Å². The van der Waals surface area contributed by atoms with Crippen LogP contribution in [0.1, 0.15) is 36.7 Å². The van der Waals surface area contributed by atoms with Gasteiger partial charge in [-0.2, -0.15) is 10.4 Å². The number of hydrogen-bond donors (Lipinski definition) is 1. The Morgan fingerprint density at radius 2 is 2.40 bits per heavy atom. The molecule has 0 aromatic carbocycles. The van der Waals surface area contributed by atoms with Gasteiger partial charge in [0.05, 0.1) is 11.8 Å². The summed E-state index contributed by atoms with van der Waals surface area (Å²) in [5.41, 5.74) is 3.71. The zero-order valence-corrected chi connectivity index (χ0v) is 9.25. The molecule has 80 valence electrons. The molecule has 1 aromatic rings. The van der Waals surface area contributed by atoms with E-state index in [2.05, 4.69) is 30.3 Å². The maximum Gasteiger partial charge on any atom is 0.128 e. The molecule has 0 unspecified atom stereocenters. The van der Waals surface area contributed by atoms with Gasteiger partial charge in [0.15, 0.2) is 0 Å². The molecule has 1 aromatic heterocycles. The van der Waals surface area contributed by atoms with Crippen LogP contribution in [-0.2, 0) is 19.5 Å². The summed E-state index contributed by atoms with van der Waals surface area (Å²) in [5, 5.41) is 16.6. The summed E-state index contributed by atoms with van der Waals surface area (Å²) in [6.07, 6.45) is 0.983. The molecular weight excluding hydrogens is 188 g/mol. The van der Waals surface area contributed by atoms with Crippen LogP contribution >= 0.6 is 0 Å². The van der Waals surface area contributed by atoms with Gasteiger partial charge in [-0.25, -0.2) is 0 Å². The molecule has 1 N–H and O–H groups in total. The summed E-state index contributed by atoms with van der Waals surface area (Å²) >= 11 is 0. The second-order valence-electron chi connectivity index (χ2n) is 4.21. The van der Waals surface area contributed by atoms with E-state index in [1.807, 2.05) is 4.68 Å². The van der Waals surface area contributed by atoms with Gasteiger partial charge in [-0.3, -0.25) is 4.68 Å². The van der Waals surface area contributed by atoms with Gasteiger partial charge in [-0.1, -0.05) is 13.8 Å². The summed E-state index contributed by atoms with van der Waals surface area (Å²) in [6, 6.07) is 2.17. The van der Waals surface area contributed by atoms with Crippen molar-refractivity contribution in [3.05, 3.63) is 17.0 Å². The van der Waals surface area contributed by atoms with Gasteiger partial charge in [0.2, 0.25) is 0 Å². The first-order valence-electron chi connectivity index (χ1n) is 5.40. The molecule has 0 fully saturated rings. The van der Waals surface area contributed by atoms with Crippen LogP contribution in [-0.4, -0.2) is 16.3 Å². The third kappa shape index (κ3) is 1.75. The third-order valence-electron chi connectivity index (χ3n) is 2.81. The standard InChI is InChI=1S/C11H16N4/c1-8(2)11-9-7-13-5-3-10(9)15(14-11)6-4-12/h8,13H,3,5-7H2,1-2H3. The lowest BCUT2D eigenvalue weighted by Gasteiger charge is -2.15. The number of nitriles is 1. The Morgan fingerprint density at radius 3 is 3.07 bits per heavy atom. The summed E-state index contributed by atoms with van der Waals surface area (Å²) < 4.78 is 1.87. The highest BCUT2D eigenvalue weighted by molar-refractivity contribution is 5.30. The molecular formula is C11H16N4. The van der Waals surface area contributed by atoms with Gasteiger partial charge in [-0.05, 0) is 5.92 Å². The molecule has 0 radical (unpaired) electrons. The molecule has 0 saturated carbocycles. The molecule has 2 heterocycles. The minimum atomic E-state index is 0.370. The summed E-state index contributed by atoms with van der Waals surface area (Å²) in [5.74, 6) is 0.429. The second-order valence-corrected chi connectivity index (χ2v) is 4.21. The van der Waals surface area contributed by atoms with Crippen LogP contribution in [0.25, 0.3) is 0 Å². The Kier molecular flexibility index (Phi) is 2.74. The molecule has 4 nitrogen and oxygen atoms in total. The van der Waals surface area contributed by atoms with Crippen molar-refractivity contribution in [1.29, 1.82) is 5.26 Å². The van der Waals surface area contributed by atoms with Crippen molar-refractivity contribution in [3.63, 3.8) is 0 Å². The minimum absolute atomic E-state index is 0.370. The Morgan fingerprint density at radius 1 is 1.60 bits per heavy atom. The van der Waals surface area contributed by atoms with Gasteiger partial charge in [0.1, 0.15) is 6.54 Å². The molecule has 0 spiro atoms. The van der Waals surface area contributed by atoms with Crippen molar-refractivity contribution in [1.82, 2.24) is 15.1 Å². The summed E-state index contributed by atoms with van der Waals surface area (Å²) in [7, 11) is 0. The number of hydrogen-bond acceptors (Lipinski definition) is 3. The van der Waals surface area contributed by atoms with E-state index in [4.69, 9.17) is 5.26 Å². The van der Waals surface area contributed by atoms with Gasteiger partial charge in [0, 0.05) is 30.8 Å². The average Bonchev–Trinajstić information content (AvgIpc) is 2.59. The molecule has 2 rings (SSSR count). The average molecular weight is 204 g/mol. The predicted octanol–water partition coefficient (Wildman–Crippen LogP) is 1.18. The number of fused-ring (bicyclic) bond motifs is 1. The lowest BCUT2D eigenvalue weighted by molar-refractivity contribution is 0.590. The van der Waals surface area contributed by atoms with Gasteiger partial charge in [0.25, 0.3) is 0 Å². The first-order valence-corrected chi connectivity index (χ1v) is 5.40. The van der Waals surface area contributed by atoms with Crippen molar-refractivity contribution in [3.8, 4) is 6.07 Å². The molecule has 4 heteroatoms. The Labute approximate surface area is 89.9 Å². The highest BCUT2D eigenvalue weighted by Gasteiger charge is 2.21. The fraction of sp³-hybridized carbons (Fsp3) is 0.636. The zero-order valence-electron chi connectivity index (χ0n) is 9.25. The van der Waals surface area contributed by atoms with E-state index in [-0.39, 0.29) is 0 Å². The lowest BCUT2D eigenvalue weighted by atomic mass is 10.0. The summed E-state index contributed by atoms with van der Waals surface area (Å²) in [4.78, 5) is 0. The lowest BCUT2D eigenvalue weighted by Crippen LogP contribution is -2.25. The van der Waals surface area contributed by atoms with Gasteiger partial charge < -0.3 is 5.32 Å². The number of aromatic nitrogens is 2. The molecule has 0 amide bonds. The van der Waals surface area contributed by atoms with Crippen LogP contribution in [0.4, 0.5) is 0 Å². The van der Waals surface area contributed by atoms with Crippen molar-refractivity contribution in [2.75, 3.05) is 6.54 Å². The highest BCUT2D eigenvalue weighted by atomic mass is 15.3. The van der Waals surface area contributed by atoms with E-state index in [0.717, 1.165) is 25.2 Å². The fourth-order valence-corrected chi connectivity index (χ4v) is 2.11. The van der Waals surface area contributed by atoms with Gasteiger partial charge in [-0.15, -0.1) is 0 Å². The van der Waals surface area contributed by atoms with Crippen molar-refractivity contribution in [2.45, 2.75) is 39.3 Å². The van der Waals surface area contributed by atoms with E-state index in [0.29, 0.717) is 12.5 Å². The molecule has 0 saturated heterocycles. The molecule has 0 aliphatic carbocycles. The second kappa shape index (κ2) is 4.03. The smallest absolute Gasteiger partial charge is 0.128 e. The molecule has 0 atom stereocenters. The zero-order chi connectivity index (χ0) is 10.8. The Balaban J connectivity index is 2.45. The largest absolute Gasteiger partial charge is 0.312 e. The molecule has 0 bridgehead atoms. The number of nitrogens with one attached hydrogen (secondary N) is 1. The Hall–Kier alpha value is -1.34. The maximum absolute atomic E-state index is 8.74. The molecule has 1 aliphatic rings. The third-order valence-corrected chi connectivity index (χ3v) is 2.81. The van der Waals surface area contributed by atoms with Crippen molar-refractivity contribution >= 4 is 0 Å². The fourth-order valence-electron chi connectivity index (χ4n) is 2.11. The highest BCUT2D eigenvalue weighted by Crippen LogP contribution is 2.24. The normalized spacial score (nSPS) is 15.1. The van der Waals surface area contributed by atoms with E-state index >= 15 is 0 Å². The van der Waals surface area contributed by atoms with Crippen LogP contribution < -0.4 is 5.32 Å². The summed E-state index contributed by atoms with van der Waals surface area (Å²) in [6.45, 7) is 6.55. The minimum Gasteiger partial charge on any atom is -0.312 e. The van der Waals surface area contributed by atoms with Crippen LogP contribution in [0.15, 0.2) is 0 Å². The monoisotopic (exact) mass is 204 g/mol. The number of rotatable bonds is 2. The van der Waals surface area contributed by atoms with E-state index in [1.165, 1.54) is 11.3 Å². The van der Waals surface area contributed by atoms with E-state index < -0.39 is 0 Å². The quantitative estimate of drug-likeness (QED) is 0.787. The van der Waals surface area contributed by atoms with Crippen LogP contribution in [0.3, 0.4) is 0 Å². The van der Waals surface area contributed by atoms with Crippen molar-refractivity contribution < 1.29 is 0 Å². The molecule has 1 aliphatic heterocycles. The first-order chi connectivity index (χ1) is 7.24. The van der Waals surface area contributed by atoms with E-state index in [9.17, 15) is 0 Å². The molecule has 15 heavy (non-hydrogen) atoms. The topological polar surface area (TPSA) is 53.6 Å². The van der Waals surface area contributed by atoms with Crippen LogP contribution in [0, 0.1) is 11.3 Å². The van der Waals surface area contributed by atoms with Crippen LogP contribution in [0.5, 0.6) is 0 Å². The number of nitrogens with zero attached hydrogens (tertiary/aromatic N) is 3. The van der Waals surface area contributed by atoms with E-state index in [1.54, 1.807) is 0 Å². The maximum atomic E-state index is 8.74. The van der Waals surface area contributed by atoms with Crippen LogP contribution in [0.2, 0.25) is 0 Å². The first kappa shape index (κ1) is 10.2.